The lowest BCUT2D eigenvalue weighted by atomic mass is 10.3. The third-order valence-electron chi connectivity index (χ3n) is 2.40. The van der Waals surface area contributed by atoms with E-state index in [0.717, 1.165) is 17.9 Å². The summed E-state index contributed by atoms with van der Waals surface area (Å²) in [6, 6.07) is 0. The summed E-state index contributed by atoms with van der Waals surface area (Å²) in [5, 5.41) is 15.3. The van der Waals surface area contributed by atoms with Gasteiger partial charge in [0.05, 0.1) is 17.1 Å². The first kappa shape index (κ1) is 14.2. The third kappa shape index (κ3) is 3.56. The first-order chi connectivity index (χ1) is 8.45. The summed E-state index contributed by atoms with van der Waals surface area (Å²) in [6.45, 7) is 5.56. The monoisotopic (exact) mass is 255 g/mol. The molecule has 0 aromatic carbocycles. The highest BCUT2D eigenvalue weighted by Gasteiger charge is 2.13. The molecule has 18 heavy (non-hydrogen) atoms. The van der Waals surface area contributed by atoms with Crippen LogP contribution in [0.3, 0.4) is 0 Å². The molecule has 0 aliphatic carbocycles. The summed E-state index contributed by atoms with van der Waals surface area (Å²) in [5.74, 6) is -1.49. The van der Waals surface area contributed by atoms with Crippen molar-refractivity contribution in [1.29, 1.82) is 0 Å². The molecular weight excluding hydrogens is 238 g/mol. The quantitative estimate of drug-likeness (QED) is 0.774. The van der Waals surface area contributed by atoms with Crippen molar-refractivity contribution in [2.24, 2.45) is 0 Å². The SMILES string of the molecule is CCn1nc(C)c(NC(=O)COCC(=O)O)c1C. The molecule has 0 unspecified atom stereocenters. The number of carboxylic acids is 1. The molecule has 0 atom stereocenters. The highest BCUT2D eigenvalue weighted by molar-refractivity contribution is 5.92. The minimum atomic E-state index is -1.10. The normalized spacial score (nSPS) is 10.4. The van der Waals surface area contributed by atoms with Gasteiger partial charge in [-0.3, -0.25) is 9.48 Å². The molecule has 0 fully saturated rings. The Balaban J connectivity index is 2.59. The van der Waals surface area contributed by atoms with Crippen LogP contribution in [0.1, 0.15) is 18.3 Å². The maximum Gasteiger partial charge on any atom is 0.329 e. The van der Waals surface area contributed by atoms with Gasteiger partial charge in [-0.2, -0.15) is 5.10 Å². The number of carboxylic acid groups (broad SMARTS) is 1. The molecule has 2 N–H and O–H groups in total. The number of ether oxygens (including phenoxy) is 1. The summed E-state index contributed by atoms with van der Waals surface area (Å²) >= 11 is 0. The van der Waals surface area contributed by atoms with Crippen LogP contribution in [0.15, 0.2) is 0 Å². The van der Waals surface area contributed by atoms with Crippen LogP contribution < -0.4 is 5.32 Å². The lowest BCUT2D eigenvalue weighted by molar-refractivity contribution is -0.143. The number of nitrogens with one attached hydrogen (secondary N) is 1. The molecule has 1 aromatic rings. The van der Waals surface area contributed by atoms with Gasteiger partial charge in [0.25, 0.3) is 0 Å². The number of rotatable bonds is 6. The molecule has 0 saturated heterocycles. The van der Waals surface area contributed by atoms with E-state index >= 15 is 0 Å². The van der Waals surface area contributed by atoms with E-state index < -0.39 is 18.5 Å². The van der Waals surface area contributed by atoms with E-state index in [-0.39, 0.29) is 6.61 Å². The molecular formula is C11H17N3O4. The lowest BCUT2D eigenvalue weighted by Gasteiger charge is -2.06. The van der Waals surface area contributed by atoms with Crippen molar-refractivity contribution in [3.8, 4) is 0 Å². The van der Waals surface area contributed by atoms with Gasteiger partial charge in [0.1, 0.15) is 13.2 Å². The predicted molar refractivity (Wildman–Crippen MR) is 64.5 cm³/mol. The standard InChI is InChI=1S/C11H17N3O4/c1-4-14-8(3)11(7(2)13-14)12-9(15)5-18-6-10(16)17/h4-6H2,1-3H3,(H,12,15)(H,16,17). The minimum absolute atomic E-state index is 0.289. The van der Waals surface area contributed by atoms with Gasteiger partial charge in [0.15, 0.2) is 0 Å². The highest BCUT2D eigenvalue weighted by Crippen LogP contribution is 2.18. The molecule has 0 aliphatic heterocycles. The second-order valence-electron chi connectivity index (χ2n) is 3.80. The van der Waals surface area contributed by atoms with Crippen molar-refractivity contribution in [2.45, 2.75) is 27.3 Å². The van der Waals surface area contributed by atoms with E-state index in [4.69, 9.17) is 9.84 Å². The van der Waals surface area contributed by atoms with E-state index in [9.17, 15) is 9.59 Å². The number of hydrogen-bond donors (Lipinski definition) is 2. The van der Waals surface area contributed by atoms with E-state index in [1.165, 1.54) is 0 Å². The van der Waals surface area contributed by atoms with E-state index in [1.807, 2.05) is 13.8 Å². The van der Waals surface area contributed by atoms with Crippen molar-refractivity contribution in [2.75, 3.05) is 18.5 Å². The van der Waals surface area contributed by atoms with Crippen LogP contribution in [0.25, 0.3) is 0 Å². The molecule has 7 nitrogen and oxygen atoms in total. The van der Waals surface area contributed by atoms with Crippen LogP contribution in [-0.4, -0.2) is 40.0 Å². The average molecular weight is 255 g/mol. The molecule has 1 rings (SSSR count). The summed E-state index contributed by atoms with van der Waals surface area (Å²) in [4.78, 5) is 21.7. The van der Waals surface area contributed by atoms with Gasteiger partial charge < -0.3 is 15.2 Å². The largest absolute Gasteiger partial charge is 0.480 e. The molecule has 0 saturated carbocycles. The van der Waals surface area contributed by atoms with Gasteiger partial charge in [-0.05, 0) is 20.8 Å². The van der Waals surface area contributed by atoms with Gasteiger partial charge in [-0.1, -0.05) is 0 Å². The van der Waals surface area contributed by atoms with E-state index in [2.05, 4.69) is 10.4 Å². The number of carbonyl (C=O) groups excluding carboxylic acids is 1. The summed E-state index contributed by atoms with van der Waals surface area (Å²) in [6.07, 6.45) is 0. The maximum absolute atomic E-state index is 11.5. The first-order valence-corrected chi connectivity index (χ1v) is 5.59. The Morgan fingerprint density at radius 3 is 2.56 bits per heavy atom. The number of nitrogens with zero attached hydrogens (tertiary/aromatic N) is 2. The first-order valence-electron chi connectivity index (χ1n) is 5.59. The zero-order valence-corrected chi connectivity index (χ0v) is 10.7. The number of hydrogen-bond acceptors (Lipinski definition) is 4. The van der Waals surface area contributed by atoms with Crippen molar-refractivity contribution in [3.63, 3.8) is 0 Å². The number of amides is 1. The van der Waals surface area contributed by atoms with Gasteiger partial charge in [0, 0.05) is 6.54 Å². The van der Waals surface area contributed by atoms with Crippen LogP contribution in [0.5, 0.6) is 0 Å². The molecule has 0 bridgehead atoms. The minimum Gasteiger partial charge on any atom is -0.480 e. The highest BCUT2D eigenvalue weighted by atomic mass is 16.5. The molecule has 1 heterocycles. The molecule has 0 spiro atoms. The number of aromatic nitrogens is 2. The Morgan fingerprint density at radius 2 is 2.06 bits per heavy atom. The van der Waals surface area contributed by atoms with Crippen molar-refractivity contribution in [3.05, 3.63) is 11.4 Å². The number of anilines is 1. The van der Waals surface area contributed by atoms with Crippen molar-refractivity contribution < 1.29 is 19.4 Å². The maximum atomic E-state index is 11.5. The molecule has 1 aromatic heterocycles. The Hall–Kier alpha value is -1.89. The van der Waals surface area contributed by atoms with Gasteiger partial charge in [-0.15, -0.1) is 0 Å². The van der Waals surface area contributed by atoms with Crippen LogP contribution in [0, 0.1) is 13.8 Å². The van der Waals surface area contributed by atoms with Gasteiger partial charge in [-0.25, -0.2) is 4.79 Å². The van der Waals surface area contributed by atoms with Crippen molar-refractivity contribution >= 4 is 17.6 Å². The summed E-state index contributed by atoms with van der Waals surface area (Å²) in [5.41, 5.74) is 2.24. The zero-order valence-electron chi connectivity index (χ0n) is 10.7. The second-order valence-corrected chi connectivity index (χ2v) is 3.80. The zero-order chi connectivity index (χ0) is 13.7. The molecule has 7 heteroatoms. The van der Waals surface area contributed by atoms with E-state index in [0.29, 0.717) is 5.69 Å². The number of carbonyl (C=O) groups is 2. The number of aliphatic carboxylic acids is 1. The molecule has 0 aliphatic rings. The lowest BCUT2D eigenvalue weighted by Crippen LogP contribution is -2.21. The third-order valence-corrected chi connectivity index (χ3v) is 2.40. The number of aryl methyl sites for hydroxylation is 2. The molecule has 1 amide bonds. The fourth-order valence-electron chi connectivity index (χ4n) is 1.59. The Bertz CT molecular complexity index is 453. The average Bonchev–Trinajstić information content (AvgIpc) is 2.56. The fourth-order valence-corrected chi connectivity index (χ4v) is 1.59. The van der Waals surface area contributed by atoms with Crippen molar-refractivity contribution in [1.82, 2.24) is 9.78 Å². The second kappa shape index (κ2) is 6.15. The fraction of sp³-hybridized carbons (Fsp3) is 0.545. The Morgan fingerprint density at radius 1 is 1.39 bits per heavy atom. The Kier molecular flexibility index (Phi) is 4.85. The Labute approximate surface area is 105 Å². The van der Waals surface area contributed by atoms with E-state index in [1.54, 1.807) is 11.6 Å². The van der Waals surface area contributed by atoms with Crippen LogP contribution in [-0.2, 0) is 20.9 Å². The molecule has 100 valence electrons. The topological polar surface area (TPSA) is 93.5 Å². The van der Waals surface area contributed by atoms with Gasteiger partial charge >= 0.3 is 5.97 Å². The summed E-state index contributed by atoms with van der Waals surface area (Å²) in [7, 11) is 0. The smallest absolute Gasteiger partial charge is 0.329 e. The van der Waals surface area contributed by atoms with Crippen LogP contribution in [0.4, 0.5) is 5.69 Å². The summed E-state index contributed by atoms with van der Waals surface area (Å²) < 4.78 is 6.48. The van der Waals surface area contributed by atoms with Gasteiger partial charge in [0.2, 0.25) is 5.91 Å². The van der Waals surface area contributed by atoms with Crippen LogP contribution in [0.2, 0.25) is 0 Å². The molecule has 0 radical (unpaired) electrons. The van der Waals surface area contributed by atoms with Crippen LogP contribution >= 0.6 is 0 Å². The predicted octanol–water partition coefficient (Wildman–Crippen LogP) is 0.560.